The molecule has 3 nitrogen and oxygen atoms in total. The molecule has 0 aliphatic heterocycles. The van der Waals surface area contributed by atoms with Crippen molar-refractivity contribution >= 4 is 16.7 Å². The molecule has 114 valence electrons. The van der Waals surface area contributed by atoms with Crippen LogP contribution < -0.4 is 5.32 Å². The van der Waals surface area contributed by atoms with Crippen LogP contribution in [0.25, 0.3) is 10.9 Å². The minimum Gasteiger partial charge on any atom is -0.365 e. The van der Waals surface area contributed by atoms with Crippen LogP contribution in [0.5, 0.6) is 0 Å². The van der Waals surface area contributed by atoms with Crippen molar-refractivity contribution in [2.24, 2.45) is 5.41 Å². The molecule has 0 aliphatic rings. The third-order valence-electron chi connectivity index (χ3n) is 3.54. The highest BCUT2D eigenvalue weighted by atomic mass is 15.1. The number of benzene rings is 1. The molecule has 2 rings (SSSR count). The second-order valence-electron chi connectivity index (χ2n) is 7.67. The van der Waals surface area contributed by atoms with E-state index in [1.54, 1.807) is 6.33 Å². The van der Waals surface area contributed by atoms with Crippen LogP contribution in [0.15, 0.2) is 24.5 Å². The second kappa shape index (κ2) is 5.63. The van der Waals surface area contributed by atoms with E-state index in [2.05, 4.69) is 75.0 Å². The molecule has 0 amide bonds. The zero-order chi connectivity index (χ0) is 15.7. The fourth-order valence-electron chi connectivity index (χ4n) is 3.11. The van der Waals surface area contributed by atoms with Gasteiger partial charge in [0.25, 0.3) is 0 Å². The normalized spacial score (nSPS) is 12.7. The highest BCUT2D eigenvalue weighted by molar-refractivity contribution is 5.89. The lowest BCUT2D eigenvalue weighted by Crippen LogP contribution is -2.35. The third kappa shape index (κ3) is 4.16. The summed E-state index contributed by atoms with van der Waals surface area (Å²) >= 11 is 0. The Morgan fingerprint density at radius 2 is 1.76 bits per heavy atom. The minimum absolute atomic E-state index is 0.0122. The Kier molecular flexibility index (Phi) is 4.22. The van der Waals surface area contributed by atoms with Gasteiger partial charge in [0.15, 0.2) is 0 Å². The topological polar surface area (TPSA) is 37.8 Å². The van der Waals surface area contributed by atoms with Gasteiger partial charge in [0.05, 0.1) is 5.52 Å². The number of hydrogen-bond donors (Lipinski definition) is 1. The molecule has 0 spiro atoms. The van der Waals surface area contributed by atoms with E-state index in [0.29, 0.717) is 0 Å². The summed E-state index contributed by atoms with van der Waals surface area (Å²) in [5, 5.41) is 4.73. The highest BCUT2D eigenvalue weighted by Gasteiger charge is 2.26. The van der Waals surface area contributed by atoms with Gasteiger partial charge in [-0.1, -0.05) is 33.8 Å². The fourth-order valence-corrected chi connectivity index (χ4v) is 3.11. The standard InChI is InChI=1S/C18H27N3/c1-7-13-8-9-15-14(10-13)16(20-12-19-15)21-18(5,6)11-17(2,3)4/h8-10,12H,7,11H2,1-6H3,(H,19,20,21). The molecule has 0 saturated carbocycles. The van der Waals surface area contributed by atoms with Crippen LogP contribution in [0.2, 0.25) is 0 Å². The van der Waals surface area contributed by atoms with E-state index in [1.807, 2.05) is 0 Å². The molecule has 0 radical (unpaired) electrons. The van der Waals surface area contributed by atoms with Crippen LogP contribution in [0.3, 0.4) is 0 Å². The van der Waals surface area contributed by atoms with Gasteiger partial charge >= 0.3 is 0 Å². The maximum Gasteiger partial charge on any atom is 0.137 e. The molecule has 2 aromatic rings. The van der Waals surface area contributed by atoms with E-state index in [-0.39, 0.29) is 11.0 Å². The number of rotatable bonds is 4. The van der Waals surface area contributed by atoms with Gasteiger partial charge in [0.2, 0.25) is 0 Å². The van der Waals surface area contributed by atoms with Gasteiger partial charge in [-0.15, -0.1) is 0 Å². The molecule has 1 aromatic heterocycles. The van der Waals surface area contributed by atoms with Crippen molar-refractivity contribution < 1.29 is 0 Å². The van der Waals surface area contributed by atoms with E-state index < -0.39 is 0 Å². The number of nitrogens with zero attached hydrogens (tertiary/aromatic N) is 2. The number of fused-ring (bicyclic) bond motifs is 1. The van der Waals surface area contributed by atoms with Gasteiger partial charge in [0, 0.05) is 10.9 Å². The maximum atomic E-state index is 4.48. The Balaban J connectivity index is 2.37. The molecule has 0 unspecified atom stereocenters. The molecule has 1 aromatic carbocycles. The summed E-state index contributed by atoms with van der Waals surface area (Å²) in [5.41, 5.74) is 2.57. The minimum atomic E-state index is -0.0122. The first-order valence-corrected chi connectivity index (χ1v) is 7.72. The smallest absolute Gasteiger partial charge is 0.137 e. The Labute approximate surface area is 128 Å². The maximum absolute atomic E-state index is 4.48. The van der Waals surface area contributed by atoms with Crippen LogP contribution in [-0.2, 0) is 6.42 Å². The summed E-state index contributed by atoms with van der Waals surface area (Å²) in [5.74, 6) is 0.935. The molecule has 3 heteroatoms. The molecule has 0 saturated heterocycles. The predicted molar refractivity (Wildman–Crippen MR) is 90.7 cm³/mol. The third-order valence-corrected chi connectivity index (χ3v) is 3.54. The molecule has 0 bridgehead atoms. The summed E-state index contributed by atoms with van der Waals surface area (Å²) in [6.07, 6.45) is 3.73. The summed E-state index contributed by atoms with van der Waals surface area (Å²) in [6, 6.07) is 6.42. The van der Waals surface area contributed by atoms with Gasteiger partial charge in [-0.3, -0.25) is 0 Å². The number of aryl methyl sites for hydroxylation is 1. The number of hydrogen-bond acceptors (Lipinski definition) is 3. The highest BCUT2D eigenvalue weighted by Crippen LogP contribution is 2.31. The first-order valence-electron chi connectivity index (χ1n) is 7.72. The average Bonchev–Trinajstić information content (AvgIpc) is 2.35. The van der Waals surface area contributed by atoms with Crippen molar-refractivity contribution in [3.8, 4) is 0 Å². The van der Waals surface area contributed by atoms with E-state index in [4.69, 9.17) is 0 Å². The second-order valence-corrected chi connectivity index (χ2v) is 7.67. The Bertz CT molecular complexity index is 624. The molecule has 1 heterocycles. The van der Waals surface area contributed by atoms with Crippen molar-refractivity contribution in [3.63, 3.8) is 0 Å². The molecule has 0 atom stereocenters. The largest absolute Gasteiger partial charge is 0.365 e. The zero-order valence-electron chi connectivity index (χ0n) is 14.1. The SMILES string of the molecule is CCc1ccc2ncnc(NC(C)(C)CC(C)(C)C)c2c1. The van der Waals surface area contributed by atoms with Crippen molar-refractivity contribution in [2.75, 3.05) is 5.32 Å². The quantitative estimate of drug-likeness (QED) is 0.875. The average molecular weight is 285 g/mol. The van der Waals surface area contributed by atoms with Crippen molar-refractivity contribution in [1.29, 1.82) is 0 Å². The molecular weight excluding hydrogens is 258 g/mol. The van der Waals surface area contributed by atoms with Gasteiger partial charge in [-0.05, 0) is 49.8 Å². The molecule has 0 fully saturated rings. The van der Waals surface area contributed by atoms with Crippen LogP contribution in [-0.4, -0.2) is 15.5 Å². The van der Waals surface area contributed by atoms with Crippen molar-refractivity contribution in [1.82, 2.24) is 9.97 Å². The first kappa shape index (κ1) is 15.7. The van der Waals surface area contributed by atoms with Crippen LogP contribution in [0, 0.1) is 5.41 Å². The first-order chi connectivity index (χ1) is 9.70. The lowest BCUT2D eigenvalue weighted by Gasteiger charge is -2.34. The molecule has 1 N–H and O–H groups in total. The van der Waals surface area contributed by atoms with Crippen LogP contribution >= 0.6 is 0 Å². The monoisotopic (exact) mass is 285 g/mol. The lowest BCUT2D eigenvalue weighted by molar-refractivity contribution is 0.302. The summed E-state index contributed by atoms with van der Waals surface area (Å²) in [4.78, 5) is 8.85. The van der Waals surface area contributed by atoms with Gasteiger partial charge in [0.1, 0.15) is 12.1 Å². The molecule has 21 heavy (non-hydrogen) atoms. The number of anilines is 1. The van der Waals surface area contributed by atoms with Crippen LogP contribution in [0.1, 0.15) is 53.5 Å². The van der Waals surface area contributed by atoms with Crippen molar-refractivity contribution in [3.05, 3.63) is 30.1 Å². The Morgan fingerprint density at radius 3 is 2.38 bits per heavy atom. The summed E-state index contributed by atoms with van der Waals surface area (Å²) < 4.78 is 0. The van der Waals surface area contributed by atoms with E-state index in [1.165, 1.54) is 5.56 Å². The Hall–Kier alpha value is -1.64. The summed E-state index contributed by atoms with van der Waals surface area (Å²) in [6.45, 7) is 13.4. The lowest BCUT2D eigenvalue weighted by atomic mass is 9.82. The van der Waals surface area contributed by atoms with E-state index >= 15 is 0 Å². The predicted octanol–water partition coefficient (Wildman–Crippen LogP) is 4.82. The Morgan fingerprint density at radius 1 is 1.05 bits per heavy atom. The van der Waals surface area contributed by atoms with Crippen molar-refractivity contribution in [2.45, 2.75) is 59.9 Å². The van der Waals surface area contributed by atoms with Gasteiger partial charge in [-0.2, -0.15) is 0 Å². The number of aromatic nitrogens is 2. The zero-order valence-corrected chi connectivity index (χ0v) is 14.1. The van der Waals surface area contributed by atoms with Gasteiger partial charge < -0.3 is 5.32 Å². The van der Waals surface area contributed by atoms with Gasteiger partial charge in [-0.25, -0.2) is 9.97 Å². The summed E-state index contributed by atoms with van der Waals surface area (Å²) in [7, 11) is 0. The number of nitrogens with one attached hydrogen (secondary N) is 1. The van der Waals surface area contributed by atoms with E-state index in [9.17, 15) is 0 Å². The van der Waals surface area contributed by atoms with Crippen LogP contribution in [0.4, 0.5) is 5.82 Å². The molecular formula is C18H27N3. The van der Waals surface area contributed by atoms with E-state index in [0.717, 1.165) is 29.6 Å². The fraction of sp³-hybridized carbons (Fsp3) is 0.556. The molecule has 0 aliphatic carbocycles.